The number of benzene rings is 1. The number of aryl methyl sites for hydroxylation is 1. The smallest absolute Gasteiger partial charge is 0.245 e. The van der Waals surface area contributed by atoms with Gasteiger partial charge >= 0.3 is 0 Å². The van der Waals surface area contributed by atoms with Gasteiger partial charge in [0.05, 0.1) is 11.7 Å². The van der Waals surface area contributed by atoms with Crippen molar-refractivity contribution in [1.82, 2.24) is 19.9 Å². The predicted octanol–water partition coefficient (Wildman–Crippen LogP) is 2.83. The number of carbonyl (C=O) groups is 1. The first kappa shape index (κ1) is 14.2. The van der Waals surface area contributed by atoms with Crippen molar-refractivity contribution in [2.45, 2.75) is 63.1 Å². The molecule has 3 aliphatic rings. The second kappa shape index (κ2) is 5.43. The largest absolute Gasteiger partial charge is 0.331 e. The van der Waals surface area contributed by atoms with Gasteiger partial charge in [-0.3, -0.25) is 4.79 Å². The number of fused-ring (bicyclic) bond motifs is 1. The van der Waals surface area contributed by atoms with E-state index in [-0.39, 0.29) is 11.9 Å². The van der Waals surface area contributed by atoms with Crippen molar-refractivity contribution in [2.75, 3.05) is 0 Å². The van der Waals surface area contributed by atoms with Gasteiger partial charge in [0.1, 0.15) is 6.54 Å². The van der Waals surface area contributed by atoms with Crippen LogP contribution in [0.1, 0.15) is 60.9 Å². The normalized spacial score (nSPS) is 22.4. The summed E-state index contributed by atoms with van der Waals surface area (Å²) in [5.41, 5.74) is 3.79. The summed E-state index contributed by atoms with van der Waals surface area (Å²) in [6.45, 7) is 0.314. The van der Waals surface area contributed by atoms with Crippen molar-refractivity contribution in [3.05, 3.63) is 47.3 Å². The van der Waals surface area contributed by atoms with Crippen LogP contribution in [0.15, 0.2) is 30.5 Å². The first-order valence-electron chi connectivity index (χ1n) is 9.08. The molecule has 0 aliphatic heterocycles. The molecule has 0 radical (unpaired) electrons. The SMILES string of the molecule is O=C(Cn1cc(C2CC2)nn1)N(C1CC1)[C@H]1CCc2ccccc21. The molecule has 0 unspecified atom stereocenters. The highest BCUT2D eigenvalue weighted by molar-refractivity contribution is 5.77. The second-order valence-corrected chi connectivity index (χ2v) is 7.40. The summed E-state index contributed by atoms with van der Waals surface area (Å²) in [4.78, 5) is 15.2. The fourth-order valence-corrected chi connectivity index (χ4v) is 3.99. The summed E-state index contributed by atoms with van der Waals surface area (Å²) < 4.78 is 1.73. The number of amides is 1. The van der Waals surface area contributed by atoms with Gasteiger partial charge in [0.25, 0.3) is 0 Å². The van der Waals surface area contributed by atoms with Gasteiger partial charge in [-0.2, -0.15) is 0 Å². The fourth-order valence-electron chi connectivity index (χ4n) is 3.99. The van der Waals surface area contributed by atoms with Crippen LogP contribution in [0.2, 0.25) is 0 Å². The van der Waals surface area contributed by atoms with Gasteiger partial charge in [0.2, 0.25) is 5.91 Å². The molecule has 0 saturated heterocycles. The Labute approximate surface area is 141 Å². The highest BCUT2D eigenvalue weighted by atomic mass is 16.2. The van der Waals surface area contributed by atoms with E-state index in [1.54, 1.807) is 4.68 Å². The monoisotopic (exact) mass is 322 g/mol. The van der Waals surface area contributed by atoms with Crippen molar-refractivity contribution in [3.8, 4) is 0 Å². The Morgan fingerprint density at radius 2 is 2.00 bits per heavy atom. The number of aromatic nitrogens is 3. The minimum Gasteiger partial charge on any atom is -0.331 e. The Hall–Kier alpha value is -2.17. The third-order valence-corrected chi connectivity index (χ3v) is 5.51. The maximum atomic E-state index is 13.0. The van der Waals surface area contributed by atoms with Gasteiger partial charge in [-0.05, 0) is 49.7 Å². The molecule has 5 heteroatoms. The Morgan fingerprint density at radius 1 is 1.17 bits per heavy atom. The van der Waals surface area contributed by atoms with E-state index in [0.29, 0.717) is 18.5 Å². The second-order valence-electron chi connectivity index (χ2n) is 7.40. The van der Waals surface area contributed by atoms with Crippen molar-refractivity contribution in [1.29, 1.82) is 0 Å². The Morgan fingerprint density at radius 3 is 2.79 bits per heavy atom. The number of hydrogen-bond donors (Lipinski definition) is 0. The summed E-state index contributed by atoms with van der Waals surface area (Å²) in [6, 6.07) is 9.24. The zero-order chi connectivity index (χ0) is 16.1. The number of rotatable bonds is 5. The zero-order valence-electron chi connectivity index (χ0n) is 13.8. The van der Waals surface area contributed by atoms with Crippen LogP contribution in [-0.4, -0.2) is 31.8 Å². The Kier molecular flexibility index (Phi) is 3.21. The van der Waals surface area contributed by atoms with Gasteiger partial charge in [-0.25, -0.2) is 4.68 Å². The lowest BCUT2D eigenvalue weighted by molar-refractivity contribution is -0.135. The molecule has 2 fully saturated rings. The predicted molar refractivity (Wildman–Crippen MR) is 89.4 cm³/mol. The van der Waals surface area contributed by atoms with Crippen LogP contribution in [-0.2, 0) is 17.8 Å². The fraction of sp³-hybridized carbons (Fsp3) is 0.526. The van der Waals surface area contributed by atoms with Gasteiger partial charge < -0.3 is 4.90 Å². The molecule has 2 aromatic rings. The molecule has 1 aromatic heterocycles. The summed E-state index contributed by atoms with van der Waals surface area (Å²) in [5.74, 6) is 0.765. The number of nitrogens with zero attached hydrogens (tertiary/aromatic N) is 4. The van der Waals surface area contributed by atoms with Gasteiger partial charge in [-0.1, -0.05) is 29.5 Å². The van der Waals surface area contributed by atoms with E-state index in [1.807, 2.05) is 6.20 Å². The van der Waals surface area contributed by atoms with E-state index in [9.17, 15) is 4.79 Å². The molecule has 2 saturated carbocycles. The van der Waals surface area contributed by atoms with E-state index < -0.39 is 0 Å². The summed E-state index contributed by atoms with van der Waals surface area (Å²) in [6.07, 6.45) is 8.77. The standard InChI is InChI=1S/C19H22N4O/c24-19(12-22-11-17(20-21-22)14-5-6-14)23(15-8-9-15)18-10-7-13-3-1-2-4-16(13)18/h1-4,11,14-15,18H,5-10,12H2/t18-/m0/s1. The summed E-state index contributed by atoms with van der Waals surface area (Å²) in [7, 11) is 0. The van der Waals surface area contributed by atoms with Crippen LogP contribution in [0.3, 0.4) is 0 Å². The minimum absolute atomic E-state index is 0.187. The maximum Gasteiger partial charge on any atom is 0.245 e. The lowest BCUT2D eigenvalue weighted by atomic mass is 10.1. The minimum atomic E-state index is 0.187. The van der Waals surface area contributed by atoms with Gasteiger partial charge in [0, 0.05) is 18.2 Å². The third kappa shape index (κ3) is 2.52. The average Bonchev–Trinajstić information content (AvgIpc) is 3.51. The first-order valence-corrected chi connectivity index (χ1v) is 9.08. The molecule has 3 aliphatic carbocycles. The highest BCUT2D eigenvalue weighted by Crippen LogP contribution is 2.42. The van der Waals surface area contributed by atoms with E-state index >= 15 is 0 Å². The van der Waals surface area contributed by atoms with Crippen molar-refractivity contribution < 1.29 is 4.79 Å². The van der Waals surface area contributed by atoms with Crippen molar-refractivity contribution >= 4 is 5.91 Å². The quantitative estimate of drug-likeness (QED) is 0.850. The molecule has 5 rings (SSSR count). The third-order valence-electron chi connectivity index (χ3n) is 5.51. The first-order chi connectivity index (χ1) is 11.8. The molecule has 24 heavy (non-hydrogen) atoms. The van der Waals surface area contributed by atoms with E-state index in [2.05, 4.69) is 39.5 Å². The van der Waals surface area contributed by atoms with Crippen LogP contribution < -0.4 is 0 Å². The topological polar surface area (TPSA) is 51.0 Å². The Balaban J connectivity index is 1.36. The molecule has 1 atom stereocenters. The van der Waals surface area contributed by atoms with E-state index in [0.717, 1.165) is 31.4 Å². The lowest BCUT2D eigenvalue weighted by Gasteiger charge is -2.30. The Bertz CT molecular complexity index is 775. The number of carbonyl (C=O) groups excluding carboxylic acids is 1. The number of hydrogen-bond acceptors (Lipinski definition) is 3. The maximum absolute atomic E-state index is 13.0. The molecule has 1 heterocycles. The highest BCUT2D eigenvalue weighted by Gasteiger charge is 2.40. The average molecular weight is 322 g/mol. The van der Waals surface area contributed by atoms with Crippen LogP contribution in [0.25, 0.3) is 0 Å². The van der Waals surface area contributed by atoms with E-state index in [4.69, 9.17) is 0 Å². The molecule has 0 N–H and O–H groups in total. The van der Waals surface area contributed by atoms with Crippen molar-refractivity contribution in [2.24, 2.45) is 0 Å². The summed E-state index contributed by atoms with van der Waals surface area (Å²) >= 11 is 0. The van der Waals surface area contributed by atoms with Crippen molar-refractivity contribution in [3.63, 3.8) is 0 Å². The molecule has 124 valence electrons. The summed E-state index contributed by atoms with van der Waals surface area (Å²) in [5, 5.41) is 8.40. The molecule has 5 nitrogen and oxygen atoms in total. The van der Waals surface area contributed by atoms with Crippen LogP contribution in [0.5, 0.6) is 0 Å². The molecular weight excluding hydrogens is 300 g/mol. The van der Waals surface area contributed by atoms with Gasteiger partial charge in [0.15, 0.2) is 0 Å². The lowest BCUT2D eigenvalue weighted by Crippen LogP contribution is -2.38. The molecule has 0 spiro atoms. The molecular formula is C19H22N4O. The van der Waals surface area contributed by atoms with Gasteiger partial charge in [-0.15, -0.1) is 5.10 Å². The molecule has 1 amide bonds. The van der Waals surface area contributed by atoms with Crippen LogP contribution >= 0.6 is 0 Å². The van der Waals surface area contributed by atoms with Crippen LogP contribution in [0, 0.1) is 0 Å². The van der Waals surface area contributed by atoms with Crippen LogP contribution in [0.4, 0.5) is 0 Å². The molecule has 1 aromatic carbocycles. The zero-order valence-corrected chi connectivity index (χ0v) is 13.8. The molecule has 0 bridgehead atoms. The van der Waals surface area contributed by atoms with E-state index in [1.165, 1.54) is 24.0 Å².